The van der Waals surface area contributed by atoms with Crippen LogP contribution in [0.5, 0.6) is 11.5 Å². The number of aromatic hydroxyl groups is 1. The van der Waals surface area contributed by atoms with Gasteiger partial charge in [-0.1, -0.05) is 19.9 Å². The van der Waals surface area contributed by atoms with Crippen LogP contribution < -0.4 is 4.74 Å². The third kappa shape index (κ3) is 3.21. The van der Waals surface area contributed by atoms with E-state index >= 15 is 0 Å². The number of benzene rings is 1. The maximum atomic E-state index is 9.66. The summed E-state index contributed by atoms with van der Waals surface area (Å²) in [6.45, 7) is 9.19. The summed E-state index contributed by atoms with van der Waals surface area (Å²) in [6, 6.07) is 6.02. The zero-order valence-corrected chi connectivity index (χ0v) is 12.4. The van der Waals surface area contributed by atoms with E-state index in [1.165, 1.54) is 18.4 Å². The van der Waals surface area contributed by atoms with Crippen LogP contribution in [0.2, 0.25) is 0 Å². The quantitative estimate of drug-likeness (QED) is 0.904. The molecule has 2 rings (SSSR count). The van der Waals surface area contributed by atoms with Gasteiger partial charge in [-0.25, -0.2) is 0 Å². The fourth-order valence-electron chi connectivity index (χ4n) is 2.68. The minimum Gasteiger partial charge on any atom is -0.504 e. The third-order valence-corrected chi connectivity index (χ3v) is 4.39. The standard InChI is InChI=1S/C16H25NO2/c1-12(17-9-7-16(2,3)8-10-17)13-5-6-14(18)15(11-13)19-4/h5-6,11-12,18H,7-10H2,1-4H3. The van der Waals surface area contributed by atoms with Crippen molar-refractivity contribution in [3.8, 4) is 11.5 Å². The highest BCUT2D eigenvalue weighted by Gasteiger charge is 2.28. The van der Waals surface area contributed by atoms with Gasteiger partial charge < -0.3 is 9.84 Å². The fraction of sp³-hybridized carbons (Fsp3) is 0.625. The molecule has 0 spiro atoms. The van der Waals surface area contributed by atoms with Gasteiger partial charge in [0.1, 0.15) is 0 Å². The fourth-order valence-corrected chi connectivity index (χ4v) is 2.68. The molecule has 1 fully saturated rings. The molecule has 1 aromatic carbocycles. The number of ether oxygens (including phenoxy) is 1. The summed E-state index contributed by atoms with van der Waals surface area (Å²) >= 11 is 0. The molecule has 1 aliphatic heterocycles. The molecule has 1 saturated heterocycles. The van der Waals surface area contributed by atoms with Crippen LogP contribution in [0.25, 0.3) is 0 Å². The topological polar surface area (TPSA) is 32.7 Å². The van der Waals surface area contributed by atoms with Crippen LogP contribution in [0.3, 0.4) is 0 Å². The Bertz CT molecular complexity index is 432. The molecule has 1 N–H and O–H groups in total. The van der Waals surface area contributed by atoms with Crippen LogP contribution in [-0.2, 0) is 0 Å². The van der Waals surface area contributed by atoms with Gasteiger partial charge in [-0.05, 0) is 56.0 Å². The SMILES string of the molecule is COc1cc(C(C)N2CCC(C)(C)CC2)ccc1O. The number of nitrogens with zero attached hydrogens (tertiary/aromatic N) is 1. The Morgan fingerprint density at radius 1 is 1.26 bits per heavy atom. The first-order chi connectivity index (χ1) is 8.93. The molecule has 3 nitrogen and oxygen atoms in total. The average molecular weight is 263 g/mol. The summed E-state index contributed by atoms with van der Waals surface area (Å²) in [5.74, 6) is 0.764. The maximum Gasteiger partial charge on any atom is 0.160 e. The van der Waals surface area contributed by atoms with Gasteiger partial charge in [-0.3, -0.25) is 4.90 Å². The molecule has 0 amide bonds. The lowest BCUT2D eigenvalue weighted by Gasteiger charge is -2.40. The van der Waals surface area contributed by atoms with E-state index in [1.54, 1.807) is 13.2 Å². The van der Waals surface area contributed by atoms with Crippen LogP contribution >= 0.6 is 0 Å². The van der Waals surface area contributed by atoms with Gasteiger partial charge in [-0.15, -0.1) is 0 Å². The molecule has 1 aromatic rings. The molecule has 0 aromatic heterocycles. The molecule has 1 heterocycles. The second kappa shape index (κ2) is 5.41. The molecule has 0 radical (unpaired) electrons. The third-order valence-electron chi connectivity index (χ3n) is 4.39. The van der Waals surface area contributed by atoms with E-state index in [9.17, 15) is 5.11 Å². The van der Waals surface area contributed by atoms with Crippen molar-refractivity contribution in [2.24, 2.45) is 5.41 Å². The summed E-state index contributed by atoms with van der Waals surface area (Å²) in [4.78, 5) is 2.51. The van der Waals surface area contributed by atoms with Gasteiger partial charge in [0.2, 0.25) is 0 Å². The van der Waals surface area contributed by atoms with Crippen molar-refractivity contribution < 1.29 is 9.84 Å². The Hall–Kier alpha value is -1.22. The van der Waals surface area contributed by atoms with Crippen LogP contribution in [0.4, 0.5) is 0 Å². The van der Waals surface area contributed by atoms with E-state index in [-0.39, 0.29) is 5.75 Å². The van der Waals surface area contributed by atoms with E-state index in [0.717, 1.165) is 13.1 Å². The van der Waals surface area contributed by atoms with Crippen LogP contribution in [0.15, 0.2) is 18.2 Å². The first-order valence-corrected chi connectivity index (χ1v) is 7.04. The number of phenolic OH excluding ortho intramolecular Hbond substituents is 1. The molecular weight excluding hydrogens is 238 g/mol. The Labute approximate surface area is 116 Å². The van der Waals surface area contributed by atoms with Gasteiger partial charge in [-0.2, -0.15) is 0 Å². The molecule has 19 heavy (non-hydrogen) atoms. The van der Waals surface area contributed by atoms with Crippen molar-refractivity contribution in [1.29, 1.82) is 0 Å². The van der Waals surface area contributed by atoms with Crippen molar-refractivity contribution in [2.75, 3.05) is 20.2 Å². The van der Waals surface area contributed by atoms with Gasteiger partial charge >= 0.3 is 0 Å². The number of piperidine rings is 1. The lowest BCUT2D eigenvalue weighted by Crippen LogP contribution is -2.38. The van der Waals surface area contributed by atoms with E-state index in [4.69, 9.17) is 4.74 Å². The van der Waals surface area contributed by atoms with E-state index < -0.39 is 0 Å². The highest BCUT2D eigenvalue weighted by molar-refractivity contribution is 5.42. The Morgan fingerprint density at radius 3 is 2.47 bits per heavy atom. The minimum atomic E-state index is 0.207. The van der Waals surface area contributed by atoms with Gasteiger partial charge in [0.15, 0.2) is 11.5 Å². The number of phenols is 1. The normalized spacial score (nSPS) is 21.1. The lowest BCUT2D eigenvalue weighted by molar-refractivity contribution is 0.100. The zero-order valence-electron chi connectivity index (χ0n) is 12.4. The molecule has 1 atom stereocenters. The van der Waals surface area contributed by atoms with Crippen molar-refractivity contribution in [1.82, 2.24) is 4.90 Å². The average Bonchev–Trinajstić information content (AvgIpc) is 2.38. The number of likely N-dealkylation sites (tertiary alicyclic amines) is 1. The second-order valence-corrected chi connectivity index (χ2v) is 6.31. The molecule has 0 bridgehead atoms. The molecule has 3 heteroatoms. The molecule has 1 unspecified atom stereocenters. The maximum absolute atomic E-state index is 9.66. The van der Waals surface area contributed by atoms with E-state index in [2.05, 4.69) is 25.7 Å². The number of rotatable bonds is 3. The second-order valence-electron chi connectivity index (χ2n) is 6.31. The number of methoxy groups -OCH3 is 1. The summed E-state index contributed by atoms with van der Waals surface area (Å²) in [6.07, 6.45) is 2.49. The van der Waals surface area contributed by atoms with Gasteiger partial charge in [0.05, 0.1) is 7.11 Å². The monoisotopic (exact) mass is 263 g/mol. The number of hydrogen-bond donors (Lipinski definition) is 1. The predicted molar refractivity (Wildman–Crippen MR) is 77.7 cm³/mol. The molecule has 106 valence electrons. The van der Waals surface area contributed by atoms with Crippen molar-refractivity contribution in [3.63, 3.8) is 0 Å². The van der Waals surface area contributed by atoms with Crippen molar-refractivity contribution in [3.05, 3.63) is 23.8 Å². The Balaban J connectivity index is 2.10. The summed E-state index contributed by atoms with van der Waals surface area (Å²) < 4.78 is 5.19. The minimum absolute atomic E-state index is 0.207. The largest absolute Gasteiger partial charge is 0.504 e. The highest BCUT2D eigenvalue weighted by Crippen LogP contribution is 2.35. The lowest BCUT2D eigenvalue weighted by atomic mass is 9.82. The smallest absolute Gasteiger partial charge is 0.160 e. The van der Waals surface area contributed by atoms with Crippen LogP contribution in [0, 0.1) is 5.41 Å². The molecule has 0 saturated carbocycles. The van der Waals surface area contributed by atoms with Crippen molar-refractivity contribution in [2.45, 2.75) is 39.7 Å². The number of hydrogen-bond acceptors (Lipinski definition) is 3. The van der Waals surface area contributed by atoms with Crippen LogP contribution in [-0.4, -0.2) is 30.2 Å². The summed E-state index contributed by atoms with van der Waals surface area (Å²) in [5.41, 5.74) is 1.68. The van der Waals surface area contributed by atoms with Gasteiger partial charge in [0, 0.05) is 6.04 Å². The first kappa shape index (κ1) is 14.2. The Kier molecular flexibility index (Phi) is 4.04. The Morgan fingerprint density at radius 2 is 1.89 bits per heavy atom. The van der Waals surface area contributed by atoms with E-state index in [1.807, 2.05) is 12.1 Å². The zero-order chi connectivity index (χ0) is 14.0. The van der Waals surface area contributed by atoms with E-state index in [0.29, 0.717) is 17.2 Å². The first-order valence-electron chi connectivity index (χ1n) is 7.04. The molecule has 1 aliphatic rings. The molecular formula is C16H25NO2. The van der Waals surface area contributed by atoms with Gasteiger partial charge in [0.25, 0.3) is 0 Å². The van der Waals surface area contributed by atoms with Crippen LogP contribution in [0.1, 0.15) is 45.2 Å². The highest BCUT2D eigenvalue weighted by atomic mass is 16.5. The summed E-state index contributed by atoms with van der Waals surface area (Å²) in [5, 5.41) is 9.66. The molecule has 0 aliphatic carbocycles. The van der Waals surface area contributed by atoms with Crippen molar-refractivity contribution >= 4 is 0 Å². The predicted octanol–water partition coefficient (Wildman–Crippen LogP) is 3.58. The summed E-state index contributed by atoms with van der Waals surface area (Å²) in [7, 11) is 1.59.